The van der Waals surface area contributed by atoms with Crippen LogP contribution in [0, 0.1) is 18.3 Å². The van der Waals surface area contributed by atoms with Crippen LogP contribution in [0.1, 0.15) is 27.3 Å². The van der Waals surface area contributed by atoms with E-state index in [1.165, 1.54) is 35.5 Å². The Morgan fingerprint density at radius 3 is 2.72 bits per heavy atom. The van der Waals surface area contributed by atoms with Gasteiger partial charge in [0.15, 0.2) is 4.34 Å². The summed E-state index contributed by atoms with van der Waals surface area (Å²) in [5, 5.41) is 19.9. The second-order valence-electron chi connectivity index (χ2n) is 4.97. The molecule has 2 heterocycles. The molecule has 0 radical (unpaired) electrons. The molecule has 0 saturated carbocycles. The van der Waals surface area contributed by atoms with Crippen molar-refractivity contribution in [3.63, 3.8) is 0 Å². The van der Waals surface area contributed by atoms with Gasteiger partial charge in [0, 0.05) is 11.9 Å². The summed E-state index contributed by atoms with van der Waals surface area (Å²) in [6, 6.07) is 9.47. The fraction of sp³-hybridized carbons (Fsp3) is 0.125. The van der Waals surface area contributed by atoms with Crippen molar-refractivity contribution in [3.05, 3.63) is 59.2 Å². The van der Waals surface area contributed by atoms with Gasteiger partial charge in [0.2, 0.25) is 5.13 Å². The van der Waals surface area contributed by atoms with Gasteiger partial charge in [0.1, 0.15) is 5.69 Å². The monoisotopic (exact) mass is 368 g/mol. The third-order valence-corrected chi connectivity index (χ3v) is 5.13. The zero-order chi connectivity index (χ0) is 17.6. The standard InChI is InChI=1S/C16H12N6OS2/c1-10-7-19-13(8-18-10)14(23)20-15-21-22-16(25-15)24-9-12-4-2-11(6-17)3-5-12/h2-5,7-8H,9H2,1H3,(H,20,21,23). The number of aryl methyl sites for hydroxylation is 1. The number of aromatic nitrogens is 4. The number of anilines is 1. The molecular formula is C16H12N6OS2. The van der Waals surface area contributed by atoms with Crippen LogP contribution >= 0.6 is 23.1 Å². The van der Waals surface area contributed by atoms with Crippen molar-refractivity contribution in [1.82, 2.24) is 20.2 Å². The highest BCUT2D eigenvalue weighted by atomic mass is 32.2. The summed E-state index contributed by atoms with van der Waals surface area (Å²) in [6.07, 6.45) is 2.96. The first kappa shape index (κ1) is 17.0. The van der Waals surface area contributed by atoms with E-state index in [0.29, 0.717) is 16.4 Å². The van der Waals surface area contributed by atoms with Crippen molar-refractivity contribution in [2.24, 2.45) is 0 Å². The summed E-state index contributed by atoms with van der Waals surface area (Å²) in [7, 11) is 0. The molecule has 0 unspecified atom stereocenters. The van der Waals surface area contributed by atoms with E-state index in [-0.39, 0.29) is 11.6 Å². The minimum atomic E-state index is -0.368. The number of rotatable bonds is 5. The lowest BCUT2D eigenvalue weighted by atomic mass is 10.2. The fourth-order valence-electron chi connectivity index (χ4n) is 1.81. The third-order valence-electron chi connectivity index (χ3n) is 3.09. The Hall–Kier alpha value is -2.83. The minimum absolute atomic E-state index is 0.229. The lowest BCUT2D eigenvalue weighted by Crippen LogP contribution is -2.13. The highest BCUT2D eigenvalue weighted by molar-refractivity contribution is 8.00. The van der Waals surface area contributed by atoms with Crippen molar-refractivity contribution in [3.8, 4) is 6.07 Å². The Bertz CT molecular complexity index is 915. The van der Waals surface area contributed by atoms with Gasteiger partial charge in [-0.1, -0.05) is 35.2 Å². The predicted molar refractivity (Wildman–Crippen MR) is 95.3 cm³/mol. The van der Waals surface area contributed by atoms with Crippen molar-refractivity contribution < 1.29 is 4.79 Å². The lowest BCUT2D eigenvalue weighted by Gasteiger charge is -2.00. The maximum atomic E-state index is 12.1. The lowest BCUT2D eigenvalue weighted by molar-refractivity contribution is 0.102. The molecule has 0 fully saturated rings. The van der Waals surface area contributed by atoms with Gasteiger partial charge in [0.25, 0.3) is 5.91 Å². The molecule has 0 aliphatic heterocycles. The summed E-state index contributed by atoms with van der Waals surface area (Å²) in [5.74, 6) is 0.338. The van der Waals surface area contributed by atoms with Crippen molar-refractivity contribution >= 4 is 34.1 Å². The molecule has 3 aromatic rings. The number of carbonyl (C=O) groups is 1. The quantitative estimate of drug-likeness (QED) is 0.545. The Morgan fingerprint density at radius 1 is 1.24 bits per heavy atom. The fourth-order valence-corrected chi connectivity index (χ4v) is 3.51. The molecule has 124 valence electrons. The number of amides is 1. The van der Waals surface area contributed by atoms with Crippen LogP contribution in [0.2, 0.25) is 0 Å². The minimum Gasteiger partial charge on any atom is -0.295 e. The Kier molecular flexibility index (Phi) is 5.33. The number of carbonyl (C=O) groups excluding carboxylic acids is 1. The first-order valence-electron chi connectivity index (χ1n) is 7.19. The highest BCUT2D eigenvalue weighted by Gasteiger charge is 2.12. The smallest absolute Gasteiger partial charge is 0.277 e. The number of thioether (sulfide) groups is 1. The average molecular weight is 368 g/mol. The maximum Gasteiger partial charge on any atom is 0.277 e. The topological polar surface area (TPSA) is 104 Å². The Morgan fingerprint density at radius 2 is 2.04 bits per heavy atom. The molecule has 7 nitrogen and oxygen atoms in total. The normalized spacial score (nSPS) is 10.2. The van der Waals surface area contributed by atoms with E-state index in [2.05, 4.69) is 31.6 Å². The summed E-state index contributed by atoms with van der Waals surface area (Å²) in [4.78, 5) is 20.1. The predicted octanol–water partition coefficient (Wildman–Crippen LogP) is 3.05. The molecule has 25 heavy (non-hydrogen) atoms. The summed E-state index contributed by atoms with van der Waals surface area (Å²) >= 11 is 2.81. The van der Waals surface area contributed by atoms with Gasteiger partial charge in [-0.25, -0.2) is 4.98 Å². The van der Waals surface area contributed by atoms with Crippen molar-refractivity contribution in [1.29, 1.82) is 5.26 Å². The first-order valence-corrected chi connectivity index (χ1v) is 8.99. The van der Waals surface area contributed by atoms with Gasteiger partial charge < -0.3 is 0 Å². The highest BCUT2D eigenvalue weighted by Crippen LogP contribution is 2.28. The number of benzene rings is 1. The van der Waals surface area contributed by atoms with Crippen LogP contribution in [0.3, 0.4) is 0 Å². The van der Waals surface area contributed by atoms with Crippen LogP contribution in [0.25, 0.3) is 0 Å². The largest absolute Gasteiger partial charge is 0.295 e. The zero-order valence-corrected chi connectivity index (χ0v) is 14.8. The molecule has 9 heteroatoms. The SMILES string of the molecule is Cc1cnc(C(=O)Nc2nnc(SCc3ccc(C#N)cc3)s2)cn1. The number of nitriles is 1. The summed E-state index contributed by atoms with van der Waals surface area (Å²) in [6.45, 7) is 1.80. The van der Waals surface area contributed by atoms with Crippen LogP contribution in [0.15, 0.2) is 41.0 Å². The first-order chi connectivity index (χ1) is 12.1. The zero-order valence-electron chi connectivity index (χ0n) is 13.1. The van der Waals surface area contributed by atoms with Gasteiger partial charge in [-0.2, -0.15) is 5.26 Å². The van der Waals surface area contributed by atoms with Crippen LogP contribution in [-0.2, 0) is 5.75 Å². The molecule has 1 amide bonds. The third kappa shape index (κ3) is 4.59. The van der Waals surface area contributed by atoms with Crippen molar-refractivity contribution in [2.75, 3.05) is 5.32 Å². The van der Waals surface area contributed by atoms with Crippen LogP contribution in [-0.4, -0.2) is 26.1 Å². The van der Waals surface area contributed by atoms with Gasteiger partial charge >= 0.3 is 0 Å². The van der Waals surface area contributed by atoms with Gasteiger partial charge in [-0.3, -0.25) is 15.1 Å². The molecule has 1 aromatic carbocycles. The van der Waals surface area contributed by atoms with Crippen LogP contribution in [0.5, 0.6) is 0 Å². The Balaban J connectivity index is 1.57. The molecule has 0 bridgehead atoms. The second-order valence-corrected chi connectivity index (χ2v) is 7.17. The number of nitrogens with one attached hydrogen (secondary N) is 1. The summed E-state index contributed by atoms with van der Waals surface area (Å²) in [5.41, 5.74) is 2.69. The molecule has 0 spiro atoms. The van der Waals surface area contributed by atoms with Gasteiger partial charge in [0.05, 0.1) is 23.5 Å². The summed E-state index contributed by atoms with van der Waals surface area (Å²) < 4.78 is 0.745. The van der Waals surface area contributed by atoms with E-state index in [1.54, 1.807) is 19.1 Å². The maximum absolute atomic E-state index is 12.1. The molecule has 0 aliphatic rings. The number of nitrogens with zero attached hydrogens (tertiary/aromatic N) is 5. The van der Waals surface area contributed by atoms with E-state index in [9.17, 15) is 4.79 Å². The molecule has 0 saturated heterocycles. The molecule has 0 aliphatic carbocycles. The van der Waals surface area contributed by atoms with Gasteiger partial charge in [-0.15, -0.1) is 10.2 Å². The number of hydrogen-bond acceptors (Lipinski definition) is 8. The van der Waals surface area contributed by atoms with E-state index in [1.807, 2.05) is 12.1 Å². The van der Waals surface area contributed by atoms with E-state index >= 15 is 0 Å². The average Bonchev–Trinajstić information content (AvgIpc) is 3.08. The molecule has 1 N–H and O–H groups in total. The van der Waals surface area contributed by atoms with Crippen LogP contribution < -0.4 is 5.32 Å². The second kappa shape index (κ2) is 7.83. The van der Waals surface area contributed by atoms with E-state index in [4.69, 9.17) is 5.26 Å². The van der Waals surface area contributed by atoms with Crippen LogP contribution in [0.4, 0.5) is 5.13 Å². The molecule has 2 aromatic heterocycles. The molecular weight excluding hydrogens is 356 g/mol. The van der Waals surface area contributed by atoms with Crippen molar-refractivity contribution in [2.45, 2.75) is 17.0 Å². The molecule has 3 rings (SSSR count). The molecule has 0 atom stereocenters. The number of hydrogen-bond donors (Lipinski definition) is 1. The van der Waals surface area contributed by atoms with E-state index < -0.39 is 0 Å². The van der Waals surface area contributed by atoms with Gasteiger partial charge in [-0.05, 0) is 24.6 Å². The Labute approximate surface area is 152 Å². The van der Waals surface area contributed by atoms with E-state index in [0.717, 1.165) is 15.6 Å².